The molecule has 4 aromatic rings. The predicted molar refractivity (Wildman–Crippen MR) is 179 cm³/mol. The van der Waals surface area contributed by atoms with Gasteiger partial charge >= 0.3 is 11.9 Å². The van der Waals surface area contributed by atoms with E-state index in [0.717, 1.165) is 28.3 Å². The van der Waals surface area contributed by atoms with Crippen molar-refractivity contribution in [1.82, 2.24) is 0 Å². The van der Waals surface area contributed by atoms with Gasteiger partial charge in [0.2, 0.25) is 0 Å². The number of hydrogen-bond acceptors (Lipinski definition) is 7. The first-order chi connectivity index (χ1) is 21.8. The summed E-state index contributed by atoms with van der Waals surface area (Å²) in [5, 5.41) is 8.62. The average molecular weight is 661 g/mol. The molecule has 0 saturated carbocycles. The van der Waals surface area contributed by atoms with Crippen LogP contribution >= 0.6 is 0 Å². The van der Waals surface area contributed by atoms with E-state index in [1.165, 1.54) is 24.3 Å². The van der Waals surface area contributed by atoms with Crippen LogP contribution in [0.2, 0.25) is 0 Å². The maximum absolute atomic E-state index is 12.6. The Morgan fingerprint density at radius 1 is 0.652 bits per heavy atom. The van der Waals surface area contributed by atoms with Crippen LogP contribution in [0.1, 0.15) is 40.3 Å². The molecule has 8 nitrogen and oxygen atoms in total. The van der Waals surface area contributed by atoms with Gasteiger partial charge in [-0.3, -0.25) is 0 Å². The molecule has 240 valence electrons. The van der Waals surface area contributed by atoms with Gasteiger partial charge in [0.05, 0.1) is 27.9 Å². The number of carbonyl (C=O) groups excluding carboxylic acids is 1. The predicted octanol–water partition coefficient (Wildman–Crippen LogP) is 6.61. The summed E-state index contributed by atoms with van der Waals surface area (Å²) < 4.78 is 54.9. The molecule has 0 aliphatic heterocycles. The van der Waals surface area contributed by atoms with Crippen LogP contribution in [0.25, 0.3) is 12.2 Å². The number of carbonyl (C=O) groups is 2. The summed E-state index contributed by atoms with van der Waals surface area (Å²) in [5.74, 6) is -1.67. The molecule has 1 N–H and O–H groups in total. The van der Waals surface area contributed by atoms with Gasteiger partial charge in [-0.25, -0.2) is 26.4 Å². The van der Waals surface area contributed by atoms with Gasteiger partial charge in [0.25, 0.3) is 0 Å². The number of ether oxygens (including phenoxy) is 1. The highest BCUT2D eigenvalue weighted by Crippen LogP contribution is 2.20. The van der Waals surface area contributed by atoms with Crippen LogP contribution in [0.4, 0.5) is 0 Å². The molecule has 0 radical (unpaired) electrons. The van der Waals surface area contributed by atoms with Crippen molar-refractivity contribution < 1.29 is 36.3 Å². The maximum atomic E-state index is 12.6. The zero-order valence-corrected chi connectivity index (χ0v) is 27.4. The number of carboxylic acid groups (broad SMARTS) is 1. The number of sulfone groups is 2. The first-order valence-electron chi connectivity index (χ1n) is 14.3. The zero-order valence-electron chi connectivity index (χ0n) is 25.8. The first kappa shape index (κ1) is 35.7. The van der Waals surface area contributed by atoms with E-state index < -0.39 is 31.6 Å². The second-order valence-electron chi connectivity index (χ2n) is 10.4. The van der Waals surface area contributed by atoms with Crippen molar-refractivity contribution in [3.63, 3.8) is 0 Å². The molecule has 46 heavy (non-hydrogen) atoms. The van der Waals surface area contributed by atoms with Gasteiger partial charge in [0.15, 0.2) is 19.7 Å². The Hall–Kier alpha value is -4.80. The van der Waals surface area contributed by atoms with Gasteiger partial charge in [0.1, 0.15) is 0 Å². The number of carboxylic acids is 1. The van der Waals surface area contributed by atoms with Crippen LogP contribution in [0.15, 0.2) is 119 Å². The molecule has 0 unspecified atom stereocenters. The Labute approximate surface area is 270 Å². The molecule has 0 aliphatic carbocycles. The van der Waals surface area contributed by atoms with Crippen molar-refractivity contribution in [3.05, 3.63) is 143 Å². The molecule has 0 saturated heterocycles. The summed E-state index contributed by atoms with van der Waals surface area (Å²) in [6.45, 7) is 5.86. The molecular formula is C36H36O8S2. The van der Waals surface area contributed by atoms with Crippen LogP contribution in [-0.2, 0) is 45.5 Å². The molecule has 0 atom stereocenters. The molecular weight excluding hydrogens is 625 g/mol. The zero-order chi connectivity index (χ0) is 33.7. The third kappa shape index (κ3) is 11.6. The highest BCUT2D eigenvalue weighted by atomic mass is 32.2. The number of aliphatic carboxylic acids is 1. The molecule has 0 heterocycles. The van der Waals surface area contributed by atoms with E-state index in [9.17, 15) is 26.4 Å². The highest BCUT2D eigenvalue weighted by molar-refractivity contribution is 7.91. The van der Waals surface area contributed by atoms with Gasteiger partial charge in [-0.2, -0.15) is 0 Å². The molecule has 0 bridgehead atoms. The van der Waals surface area contributed by atoms with Crippen LogP contribution in [0.5, 0.6) is 0 Å². The molecule has 0 spiro atoms. The summed E-state index contributed by atoms with van der Waals surface area (Å²) in [6, 6.07) is 27.6. The Morgan fingerprint density at radius 3 is 1.50 bits per heavy atom. The van der Waals surface area contributed by atoms with E-state index in [4.69, 9.17) is 9.84 Å². The second kappa shape index (κ2) is 16.5. The number of esters is 1. The van der Waals surface area contributed by atoms with E-state index in [2.05, 4.69) is 0 Å². The second-order valence-corrected chi connectivity index (χ2v) is 14.4. The SMILES string of the molecule is CCOC(=O)/C=C/c1cccc(S(=O)(=O)Cc2cccc(C)c2)c1.Cc1cccc(CS(=O)(=O)c2cccc(/C=C/C(=O)O)c2)c1. The van der Waals surface area contributed by atoms with Crippen molar-refractivity contribution in [2.45, 2.75) is 42.1 Å². The van der Waals surface area contributed by atoms with Crippen molar-refractivity contribution >= 4 is 43.8 Å². The molecule has 4 aromatic carbocycles. The van der Waals surface area contributed by atoms with Crippen LogP contribution < -0.4 is 0 Å². The summed E-state index contributed by atoms with van der Waals surface area (Å²) in [7, 11) is -6.92. The summed E-state index contributed by atoms with van der Waals surface area (Å²) in [6.07, 6.45) is 5.18. The lowest BCUT2D eigenvalue weighted by atomic mass is 10.2. The van der Waals surface area contributed by atoms with Crippen molar-refractivity contribution in [2.24, 2.45) is 0 Å². The van der Waals surface area contributed by atoms with E-state index in [-0.39, 0.29) is 21.3 Å². The number of rotatable bonds is 11. The Morgan fingerprint density at radius 2 is 1.09 bits per heavy atom. The first-order valence-corrected chi connectivity index (χ1v) is 17.6. The number of aryl methyl sites for hydroxylation is 2. The molecule has 10 heteroatoms. The molecule has 4 rings (SSSR count). The summed E-state index contributed by atoms with van der Waals surface area (Å²) >= 11 is 0. The summed E-state index contributed by atoms with van der Waals surface area (Å²) in [4.78, 5) is 22.3. The van der Waals surface area contributed by atoms with Gasteiger partial charge in [-0.15, -0.1) is 0 Å². The van der Waals surface area contributed by atoms with E-state index in [1.807, 2.05) is 50.2 Å². The number of benzene rings is 4. The minimum absolute atomic E-state index is 0.0558. The van der Waals surface area contributed by atoms with Gasteiger partial charge in [-0.1, -0.05) is 83.9 Å². The van der Waals surface area contributed by atoms with E-state index in [0.29, 0.717) is 17.7 Å². The molecule has 0 amide bonds. The van der Waals surface area contributed by atoms with Gasteiger partial charge in [0, 0.05) is 12.2 Å². The molecule has 0 aliphatic rings. The third-order valence-corrected chi connectivity index (χ3v) is 9.80. The Bertz CT molecular complexity index is 1960. The van der Waals surface area contributed by atoms with Crippen molar-refractivity contribution in [3.8, 4) is 0 Å². The monoisotopic (exact) mass is 660 g/mol. The maximum Gasteiger partial charge on any atom is 0.330 e. The lowest BCUT2D eigenvalue weighted by Gasteiger charge is -2.06. The lowest BCUT2D eigenvalue weighted by molar-refractivity contribution is -0.137. The van der Waals surface area contributed by atoms with E-state index >= 15 is 0 Å². The fourth-order valence-electron chi connectivity index (χ4n) is 4.35. The average Bonchev–Trinajstić information content (AvgIpc) is 2.99. The normalized spacial score (nSPS) is 11.6. The standard InChI is InChI=1S/C19H20O4S.C17H16O4S/c1-3-23-19(20)11-10-16-7-5-9-18(13-16)24(21,22)14-17-8-4-6-15(2)12-17;1-13-4-2-6-15(10-13)12-22(20,21)16-7-3-5-14(11-16)8-9-17(18)19/h4-13H,3,14H2,1-2H3;2-11H,12H2,1H3,(H,18,19)/b11-10+;9-8+. The van der Waals surface area contributed by atoms with Crippen molar-refractivity contribution in [1.29, 1.82) is 0 Å². The van der Waals surface area contributed by atoms with Gasteiger partial charge in [-0.05, 0) is 79.4 Å². The largest absolute Gasteiger partial charge is 0.478 e. The molecule has 0 fully saturated rings. The highest BCUT2D eigenvalue weighted by Gasteiger charge is 2.17. The Balaban J connectivity index is 0.000000251. The van der Waals surface area contributed by atoms with E-state index in [1.54, 1.807) is 61.5 Å². The van der Waals surface area contributed by atoms with Gasteiger partial charge < -0.3 is 9.84 Å². The third-order valence-electron chi connectivity index (χ3n) is 6.43. The quantitative estimate of drug-likeness (QED) is 0.140. The van der Waals surface area contributed by atoms with Crippen LogP contribution in [0.3, 0.4) is 0 Å². The smallest absolute Gasteiger partial charge is 0.330 e. The van der Waals surface area contributed by atoms with Crippen LogP contribution in [-0.4, -0.2) is 40.5 Å². The Kier molecular flexibility index (Phi) is 12.8. The minimum Gasteiger partial charge on any atom is -0.478 e. The number of hydrogen-bond donors (Lipinski definition) is 1. The van der Waals surface area contributed by atoms with Crippen molar-refractivity contribution in [2.75, 3.05) is 6.61 Å². The minimum atomic E-state index is -3.47. The fourth-order valence-corrected chi connectivity index (χ4v) is 7.13. The van der Waals surface area contributed by atoms with Crippen LogP contribution in [0, 0.1) is 13.8 Å². The summed E-state index contributed by atoms with van der Waals surface area (Å²) in [5.41, 5.74) is 4.68. The fraction of sp³-hybridized carbons (Fsp3) is 0.167. The molecule has 0 aromatic heterocycles. The lowest BCUT2D eigenvalue weighted by Crippen LogP contribution is -2.05. The topological polar surface area (TPSA) is 132 Å².